The van der Waals surface area contributed by atoms with Gasteiger partial charge in [-0.1, -0.05) is 45.8 Å². The zero-order chi connectivity index (χ0) is 14.5. The number of aryl methyl sites for hydroxylation is 2. The lowest BCUT2D eigenvalue weighted by Gasteiger charge is -2.18. The zero-order valence-electron chi connectivity index (χ0n) is 11.8. The van der Waals surface area contributed by atoms with Crippen LogP contribution >= 0.6 is 15.9 Å². The number of halogens is 2. The van der Waals surface area contributed by atoms with Crippen LogP contribution < -0.4 is 5.32 Å². The Labute approximate surface area is 128 Å². The molecule has 0 fully saturated rings. The first-order valence-corrected chi connectivity index (χ1v) is 7.57. The maximum atomic E-state index is 13.9. The highest BCUT2D eigenvalue weighted by Crippen LogP contribution is 2.25. The summed E-state index contributed by atoms with van der Waals surface area (Å²) in [5.41, 5.74) is 3.26. The second kappa shape index (κ2) is 7.00. The molecule has 0 aliphatic carbocycles. The lowest BCUT2D eigenvalue weighted by atomic mass is 9.98. The first-order chi connectivity index (χ1) is 9.60. The molecule has 106 valence electrons. The van der Waals surface area contributed by atoms with Gasteiger partial charge in [0.05, 0.1) is 0 Å². The van der Waals surface area contributed by atoms with Crippen LogP contribution in [0.1, 0.15) is 29.2 Å². The molecule has 0 radical (unpaired) electrons. The van der Waals surface area contributed by atoms with E-state index in [-0.39, 0.29) is 11.9 Å². The van der Waals surface area contributed by atoms with Crippen LogP contribution in [-0.4, -0.2) is 7.05 Å². The van der Waals surface area contributed by atoms with Crippen molar-refractivity contribution in [1.29, 1.82) is 0 Å². The van der Waals surface area contributed by atoms with Gasteiger partial charge in [0.1, 0.15) is 5.82 Å². The molecule has 1 N–H and O–H groups in total. The molecule has 0 aliphatic heterocycles. The van der Waals surface area contributed by atoms with Gasteiger partial charge in [-0.2, -0.15) is 0 Å². The van der Waals surface area contributed by atoms with Crippen molar-refractivity contribution in [3.63, 3.8) is 0 Å². The monoisotopic (exact) mass is 335 g/mol. The highest BCUT2D eigenvalue weighted by atomic mass is 79.9. The van der Waals surface area contributed by atoms with E-state index in [0.717, 1.165) is 17.3 Å². The third-order valence-electron chi connectivity index (χ3n) is 3.52. The Morgan fingerprint density at radius 2 is 1.85 bits per heavy atom. The van der Waals surface area contributed by atoms with Crippen LogP contribution in [0.3, 0.4) is 0 Å². The van der Waals surface area contributed by atoms with E-state index in [9.17, 15) is 4.39 Å². The number of hydrogen-bond donors (Lipinski definition) is 1. The Kier molecular flexibility index (Phi) is 5.32. The van der Waals surface area contributed by atoms with Crippen LogP contribution in [0.2, 0.25) is 0 Å². The van der Waals surface area contributed by atoms with Gasteiger partial charge in [0.25, 0.3) is 0 Å². The Morgan fingerprint density at radius 1 is 1.15 bits per heavy atom. The van der Waals surface area contributed by atoms with Crippen molar-refractivity contribution < 1.29 is 4.39 Å². The summed E-state index contributed by atoms with van der Waals surface area (Å²) < 4.78 is 14.8. The van der Waals surface area contributed by atoms with Crippen molar-refractivity contribution in [2.24, 2.45) is 0 Å². The van der Waals surface area contributed by atoms with Crippen molar-refractivity contribution >= 4 is 15.9 Å². The van der Waals surface area contributed by atoms with E-state index in [1.165, 1.54) is 17.2 Å². The number of nitrogens with one attached hydrogen (secondary N) is 1. The predicted molar refractivity (Wildman–Crippen MR) is 85.4 cm³/mol. The van der Waals surface area contributed by atoms with E-state index in [1.807, 2.05) is 13.1 Å². The normalized spacial score (nSPS) is 12.4. The fourth-order valence-corrected chi connectivity index (χ4v) is 2.68. The Bertz CT molecular complexity index is 566. The predicted octanol–water partition coefficient (Wildman–Crippen LogP) is 4.79. The second-order valence-corrected chi connectivity index (χ2v) is 5.95. The smallest absolute Gasteiger partial charge is 0.128 e. The van der Waals surface area contributed by atoms with Gasteiger partial charge in [-0.05, 0) is 50.6 Å². The van der Waals surface area contributed by atoms with Crippen LogP contribution in [0.25, 0.3) is 0 Å². The SMILES string of the molecule is CNC(CCc1ccc(C)cc1)c1cc(Br)ccc1F. The molecule has 3 heteroatoms. The molecule has 0 spiro atoms. The largest absolute Gasteiger partial charge is 0.313 e. The molecule has 2 aromatic rings. The molecular weight excluding hydrogens is 317 g/mol. The summed E-state index contributed by atoms with van der Waals surface area (Å²) in [5.74, 6) is -0.156. The average molecular weight is 336 g/mol. The van der Waals surface area contributed by atoms with E-state index in [4.69, 9.17) is 0 Å². The van der Waals surface area contributed by atoms with Crippen molar-refractivity contribution in [3.8, 4) is 0 Å². The zero-order valence-corrected chi connectivity index (χ0v) is 13.4. The third-order valence-corrected chi connectivity index (χ3v) is 4.02. The van der Waals surface area contributed by atoms with E-state index in [1.54, 1.807) is 6.07 Å². The number of benzene rings is 2. The summed E-state index contributed by atoms with van der Waals surface area (Å²) in [5, 5.41) is 3.21. The maximum absolute atomic E-state index is 13.9. The fraction of sp³-hybridized carbons (Fsp3) is 0.294. The molecule has 0 aromatic heterocycles. The minimum Gasteiger partial charge on any atom is -0.313 e. The van der Waals surface area contributed by atoms with Gasteiger partial charge in [0.15, 0.2) is 0 Å². The highest BCUT2D eigenvalue weighted by Gasteiger charge is 2.14. The van der Waals surface area contributed by atoms with Gasteiger partial charge in [-0.25, -0.2) is 4.39 Å². The fourth-order valence-electron chi connectivity index (χ4n) is 2.30. The summed E-state index contributed by atoms with van der Waals surface area (Å²) in [6.45, 7) is 2.08. The van der Waals surface area contributed by atoms with Gasteiger partial charge in [0.2, 0.25) is 0 Å². The quantitative estimate of drug-likeness (QED) is 0.828. The number of rotatable bonds is 5. The molecule has 1 nitrogen and oxygen atoms in total. The molecule has 1 atom stereocenters. The van der Waals surface area contributed by atoms with Crippen LogP contribution in [0.4, 0.5) is 4.39 Å². The molecule has 0 heterocycles. The molecule has 0 saturated heterocycles. The number of hydrogen-bond acceptors (Lipinski definition) is 1. The summed E-state index contributed by atoms with van der Waals surface area (Å²) >= 11 is 3.40. The molecule has 0 amide bonds. The molecule has 2 rings (SSSR count). The van der Waals surface area contributed by atoms with Gasteiger partial charge >= 0.3 is 0 Å². The summed E-state index contributed by atoms with van der Waals surface area (Å²) in [4.78, 5) is 0. The molecule has 0 saturated carbocycles. The minimum absolute atomic E-state index is 0.0220. The lowest BCUT2D eigenvalue weighted by molar-refractivity contribution is 0.508. The third kappa shape index (κ3) is 3.90. The topological polar surface area (TPSA) is 12.0 Å². The van der Waals surface area contributed by atoms with E-state index in [2.05, 4.69) is 52.4 Å². The molecule has 0 aliphatic rings. The molecule has 20 heavy (non-hydrogen) atoms. The minimum atomic E-state index is -0.156. The summed E-state index contributed by atoms with van der Waals surface area (Å²) in [6, 6.07) is 13.6. The lowest BCUT2D eigenvalue weighted by Crippen LogP contribution is -2.18. The Hall–Kier alpha value is -1.19. The summed E-state index contributed by atoms with van der Waals surface area (Å²) in [7, 11) is 1.88. The van der Waals surface area contributed by atoms with E-state index < -0.39 is 0 Å². The van der Waals surface area contributed by atoms with Crippen LogP contribution in [0.5, 0.6) is 0 Å². The Balaban J connectivity index is 2.09. The molecule has 1 unspecified atom stereocenters. The molecule has 2 aromatic carbocycles. The van der Waals surface area contributed by atoms with Gasteiger partial charge in [0, 0.05) is 16.1 Å². The highest BCUT2D eigenvalue weighted by molar-refractivity contribution is 9.10. The molecule has 0 bridgehead atoms. The van der Waals surface area contributed by atoms with Gasteiger partial charge in [-0.15, -0.1) is 0 Å². The van der Waals surface area contributed by atoms with Crippen LogP contribution in [-0.2, 0) is 6.42 Å². The standard InChI is InChI=1S/C17H19BrFN/c1-12-3-5-13(6-4-12)7-10-17(20-2)15-11-14(18)8-9-16(15)19/h3-6,8-9,11,17,20H,7,10H2,1-2H3. The van der Waals surface area contributed by atoms with Crippen molar-refractivity contribution in [2.75, 3.05) is 7.05 Å². The van der Waals surface area contributed by atoms with Crippen molar-refractivity contribution in [1.82, 2.24) is 5.32 Å². The Morgan fingerprint density at radius 3 is 2.50 bits per heavy atom. The van der Waals surface area contributed by atoms with E-state index in [0.29, 0.717) is 5.56 Å². The maximum Gasteiger partial charge on any atom is 0.128 e. The summed E-state index contributed by atoms with van der Waals surface area (Å²) in [6.07, 6.45) is 1.80. The molecular formula is C17H19BrFN. The van der Waals surface area contributed by atoms with Gasteiger partial charge < -0.3 is 5.32 Å². The second-order valence-electron chi connectivity index (χ2n) is 5.03. The van der Waals surface area contributed by atoms with E-state index >= 15 is 0 Å². The average Bonchev–Trinajstić information content (AvgIpc) is 2.45. The van der Waals surface area contributed by atoms with Crippen molar-refractivity contribution in [2.45, 2.75) is 25.8 Å². The first-order valence-electron chi connectivity index (χ1n) is 6.78. The van der Waals surface area contributed by atoms with Gasteiger partial charge in [-0.3, -0.25) is 0 Å². The van der Waals surface area contributed by atoms with Crippen LogP contribution in [0, 0.1) is 12.7 Å². The van der Waals surface area contributed by atoms with Crippen LogP contribution in [0.15, 0.2) is 46.9 Å². The van der Waals surface area contributed by atoms with Crippen molar-refractivity contribution in [3.05, 3.63) is 69.4 Å². The first kappa shape index (κ1) is 15.2.